The zero-order chi connectivity index (χ0) is 23.3. The number of esters is 1. The van der Waals surface area contributed by atoms with Gasteiger partial charge in [0.05, 0.1) is 23.3 Å². The Labute approximate surface area is 215 Å². The van der Waals surface area contributed by atoms with Gasteiger partial charge >= 0.3 is 5.97 Å². The number of carbonyl (C=O) groups is 4. The van der Waals surface area contributed by atoms with Crippen molar-refractivity contribution in [3.63, 3.8) is 0 Å². The lowest BCUT2D eigenvalue weighted by Crippen LogP contribution is -2.37. The van der Waals surface area contributed by atoms with E-state index in [0.29, 0.717) is 20.7 Å². The van der Waals surface area contributed by atoms with Crippen LogP contribution in [-0.2, 0) is 23.9 Å². The highest BCUT2D eigenvalue weighted by Gasteiger charge is 2.66. The number of rotatable bonds is 6. The van der Waals surface area contributed by atoms with Crippen LogP contribution in [0.25, 0.3) is 0 Å². The van der Waals surface area contributed by atoms with Crippen molar-refractivity contribution >= 4 is 88.8 Å². The number of alkyl halides is 2. The molecule has 1 aromatic rings. The number of nitrogens with one attached hydrogen (secondary N) is 1. The van der Waals surface area contributed by atoms with Gasteiger partial charge in [-0.1, -0.05) is 43.5 Å². The molecule has 2 saturated carbocycles. The van der Waals surface area contributed by atoms with Crippen LogP contribution in [0.5, 0.6) is 0 Å². The normalized spacial score (nSPS) is 30.6. The molecule has 3 fully saturated rings. The van der Waals surface area contributed by atoms with Crippen molar-refractivity contribution in [1.29, 1.82) is 0 Å². The molecule has 0 radical (unpaired) electrons. The van der Waals surface area contributed by atoms with Crippen molar-refractivity contribution in [2.24, 2.45) is 23.7 Å². The van der Waals surface area contributed by atoms with Crippen molar-refractivity contribution in [2.75, 3.05) is 18.5 Å². The maximum atomic E-state index is 12.8. The van der Waals surface area contributed by atoms with Crippen LogP contribution in [0.1, 0.15) is 18.4 Å². The van der Waals surface area contributed by atoms with E-state index in [1.165, 1.54) is 4.90 Å². The number of ether oxygens (including phenoxy) is 1. The maximum Gasteiger partial charge on any atom is 0.308 e. The molecule has 6 atom stereocenters. The van der Waals surface area contributed by atoms with Crippen molar-refractivity contribution in [1.82, 2.24) is 4.90 Å². The molecule has 172 valence electrons. The lowest BCUT2D eigenvalue weighted by Gasteiger charge is -2.28. The fourth-order valence-corrected chi connectivity index (χ4v) is 7.49. The van der Waals surface area contributed by atoms with Crippen LogP contribution in [0.2, 0.25) is 5.02 Å². The number of likely N-dealkylation sites (tertiary alicyclic amines) is 1. The van der Waals surface area contributed by atoms with Crippen LogP contribution in [0.15, 0.2) is 16.6 Å². The second kappa shape index (κ2) is 9.35. The topological polar surface area (TPSA) is 92.8 Å². The van der Waals surface area contributed by atoms with Gasteiger partial charge < -0.3 is 10.1 Å². The largest absolute Gasteiger partial charge is 0.456 e. The Hall–Kier alpha value is -0.970. The van der Waals surface area contributed by atoms with Crippen molar-refractivity contribution < 1.29 is 23.9 Å². The quantitative estimate of drug-likeness (QED) is 0.284. The molecule has 1 aliphatic heterocycles. The predicted octanol–water partition coefficient (Wildman–Crippen LogP) is 4.06. The Kier molecular flexibility index (Phi) is 7.06. The summed E-state index contributed by atoms with van der Waals surface area (Å²) in [6.45, 7) is 1.25. The Morgan fingerprint density at radius 1 is 1.16 bits per heavy atom. The van der Waals surface area contributed by atoms with Crippen LogP contribution < -0.4 is 5.32 Å². The van der Waals surface area contributed by atoms with E-state index in [2.05, 4.69) is 53.1 Å². The van der Waals surface area contributed by atoms with E-state index in [4.69, 9.17) is 16.3 Å². The highest BCUT2D eigenvalue weighted by molar-refractivity contribution is 9.12. The lowest BCUT2D eigenvalue weighted by atomic mass is 9.81. The molecule has 7 nitrogen and oxygen atoms in total. The van der Waals surface area contributed by atoms with E-state index >= 15 is 0 Å². The van der Waals surface area contributed by atoms with E-state index < -0.39 is 18.5 Å². The van der Waals surface area contributed by atoms with Gasteiger partial charge in [-0.3, -0.25) is 24.1 Å². The average Bonchev–Trinajstić information content (AvgIpc) is 3.36. The van der Waals surface area contributed by atoms with Crippen LogP contribution in [0.4, 0.5) is 5.69 Å². The Morgan fingerprint density at radius 3 is 2.34 bits per heavy atom. The molecule has 4 rings (SSSR count). The summed E-state index contributed by atoms with van der Waals surface area (Å²) in [5.41, 5.74) is 1.20. The zero-order valence-corrected chi connectivity index (χ0v) is 22.5. The van der Waals surface area contributed by atoms with Crippen LogP contribution in [0, 0.1) is 30.6 Å². The third kappa shape index (κ3) is 4.16. The van der Waals surface area contributed by atoms with Gasteiger partial charge in [0.15, 0.2) is 6.61 Å². The highest BCUT2D eigenvalue weighted by atomic mass is 79.9. The zero-order valence-electron chi connectivity index (χ0n) is 16.9. The molecular formula is C21H20Br3ClN2O5. The van der Waals surface area contributed by atoms with E-state index in [1.807, 2.05) is 0 Å². The maximum absolute atomic E-state index is 12.8. The third-order valence-electron chi connectivity index (χ3n) is 6.60. The van der Waals surface area contributed by atoms with Gasteiger partial charge in [-0.2, -0.15) is 0 Å². The Bertz CT molecular complexity index is 974. The summed E-state index contributed by atoms with van der Waals surface area (Å²) in [7, 11) is 0. The summed E-state index contributed by atoms with van der Waals surface area (Å²) in [6.07, 6.45) is 0.699. The number of imide groups is 1. The van der Waals surface area contributed by atoms with E-state index in [1.54, 1.807) is 19.1 Å². The lowest BCUT2D eigenvalue weighted by molar-refractivity contribution is -0.149. The first-order valence-electron chi connectivity index (χ1n) is 10.1. The summed E-state index contributed by atoms with van der Waals surface area (Å²) < 4.78 is 5.74. The van der Waals surface area contributed by atoms with E-state index in [0.717, 1.165) is 6.42 Å². The molecule has 1 saturated heterocycles. The van der Waals surface area contributed by atoms with Gasteiger partial charge in [-0.05, 0) is 58.8 Å². The third-order valence-corrected chi connectivity index (χ3v) is 11.2. The number of carbonyl (C=O) groups excluding carboxylic acids is 4. The molecule has 2 bridgehead atoms. The molecule has 2 aliphatic carbocycles. The molecule has 3 aliphatic rings. The van der Waals surface area contributed by atoms with Gasteiger partial charge in [0.25, 0.3) is 5.91 Å². The first-order chi connectivity index (χ1) is 15.1. The van der Waals surface area contributed by atoms with Crippen LogP contribution in [-0.4, -0.2) is 51.4 Å². The summed E-state index contributed by atoms with van der Waals surface area (Å²) in [6, 6.07) is 3.40. The summed E-state index contributed by atoms with van der Waals surface area (Å²) in [5, 5.41) is 3.13. The number of halogens is 4. The fourth-order valence-electron chi connectivity index (χ4n) is 5.03. The molecule has 1 aromatic carbocycles. The number of fused-ring (bicyclic) bond motifs is 5. The molecule has 1 heterocycles. The number of amides is 3. The molecule has 11 heteroatoms. The minimum atomic E-state index is -0.650. The van der Waals surface area contributed by atoms with Gasteiger partial charge in [0.2, 0.25) is 11.8 Å². The van der Waals surface area contributed by atoms with Crippen molar-refractivity contribution in [3.8, 4) is 0 Å². The predicted molar refractivity (Wildman–Crippen MR) is 129 cm³/mol. The van der Waals surface area contributed by atoms with E-state index in [-0.39, 0.29) is 58.1 Å². The Balaban J connectivity index is 1.27. The average molecular weight is 656 g/mol. The first-order valence-corrected chi connectivity index (χ1v) is 13.2. The Morgan fingerprint density at radius 2 is 1.75 bits per heavy atom. The molecule has 0 spiro atoms. The molecule has 0 aromatic heterocycles. The standard InChI is InChI=1S/C21H20Br3ClN2O5/c1-8-12(3-2-11(22)19(8)25)26-13(28)7-32-14(29)4-5-27-20(30)15-9-6-10(16(15)21(27)31)18(24)17(9)23/h2-3,9-10,15-18H,4-7H2,1H3,(H,26,28)/t9-,10-,15-,16+,17+,18+/m1/s1. The van der Waals surface area contributed by atoms with Crippen molar-refractivity contribution in [2.45, 2.75) is 29.4 Å². The number of benzene rings is 1. The number of hydrogen-bond donors (Lipinski definition) is 1. The van der Waals surface area contributed by atoms with Gasteiger partial charge in [0.1, 0.15) is 0 Å². The highest BCUT2D eigenvalue weighted by Crippen LogP contribution is 2.60. The number of anilines is 1. The monoisotopic (exact) mass is 652 g/mol. The molecule has 0 unspecified atom stereocenters. The first kappa shape index (κ1) is 24.2. The minimum absolute atomic E-state index is 0.0358. The number of nitrogens with zero attached hydrogens (tertiary/aromatic N) is 1. The van der Waals surface area contributed by atoms with Crippen molar-refractivity contribution in [3.05, 3.63) is 27.2 Å². The second-order valence-corrected chi connectivity index (χ2v) is 11.7. The van der Waals surface area contributed by atoms with Crippen LogP contribution in [0.3, 0.4) is 0 Å². The SMILES string of the molecule is Cc1c(NC(=O)COC(=O)CCN2C(=O)[C@@H]3[C@H]4C[C@@H]([C@H](Br)[C@H]4Br)[C@@H]3C2=O)ccc(Br)c1Cl. The molecule has 3 amide bonds. The van der Waals surface area contributed by atoms with E-state index in [9.17, 15) is 19.2 Å². The smallest absolute Gasteiger partial charge is 0.308 e. The van der Waals surface area contributed by atoms with Gasteiger partial charge in [0, 0.05) is 26.4 Å². The molecule has 1 N–H and O–H groups in total. The minimum Gasteiger partial charge on any atom is -0.456 e. The molecule has 32 heavy (non-hydrogen) atoms. The summed E-state index contributed by atoms with van der Waals surface area (Å²) in [4.78, 5) is 51.5. The number of hydrogen-bond acceptors (Lipinski definition) is 5. The van der Waals surface area contributed by atoms with Crippen LogP contribution >= 0.6 is 59.4 Å². The van der Waals surface area contributed by atoms with Gasteiger partial charge in [-0.15, -0.1) is 0 Å². The fraction of sp³-hybridized carbons (Fsp3) is 0.524. The van der Waals surface area contributed by atoms with Gasteiger partial charge in [-0.25, -0.2) is 0 Å². The summed E-state index contributed by atoms with van der Waals surface area (Å²) >= 11 is 16.7. The second-order valence-electron chi connectivity index (χ2n) is 8.32. The summed E-state index contributed by atoms with van der Waals surface area (Å²) in [5.74, 6) is -1.94. The molecular weight excluding hydrogens is 635 g/mol.